The number of anilines is 3. The maximum absolute atomic E-state index is 13.0. The predicted molar refractivity (Wildman–Crippen MR) is 119 cm³/mol. The summed E-state index contributed by atoms with van der Waals surface area (Å²) in [6, 6.07) is 0. The quantitative estimate of drug-likeness (QED) is 0.402. The molecule has 12 nitrogen and oxygen atoms in total. The molecule has 0 radical (unpaired) electrons. The molecule has 3 heterocycles. The number of rotatable bonds is 9. The Balaban J connectivity index is 1.94. The van der Waals surface area contributed by atoms with Crippen molar-refractivity contribution in [2.45, 2.75) is 19.4 Å². The molecule has 0 saturated carbocycles. The second kappa shape index (κ2) is 10.3. The predicted octanol–water partition coefficient (Wildman–Crippen LogP) is 2.02. The number of nitrogen functional groups attached to an aromatic ring is 1. The first-order valence-corrected chi connectivity index (χ1v) is 10.4. The van der Waals surface area contributed by atoms with Crippen molar-refractivity contribution in [2.75, 3.05) is 43.8 Å². The molecule has 5 N–H and O–H groups in total. The van der Waals surface area contributed by atoms with Crippen LogP contribution in [0.1, 0.15) is 35.6 Å². The van der Waals surface area contributed by atoms with Crippen LogP contribution >= 0.6 is 11.3 Å². The van der Waals surface area contributed by atoms with Crippen LogP contribution < -0.4 is 26.7 Å². The lowest BCUT2D eigenvalue weighted by atomic mass is 9.93. The van der Waals surface area contributed by atoms with Gasteiger partial charge in [-0.15, -0.1) is 10.2 Å². The third-order valence-electron chi connectivity index (χ3n) is 4.73. The number of carbonyl (C=O) groups excluding carboxylic acids is 1. The van der Waals surface area contributed by atoms with Crippen LogP contribution in [0.2, 0.25) is 0 Å². The Morgan fingerprint density at radius 3 is 2.72 bits per heavy atom. The molecule has 2 unspecified atom stereocenters. The van der Waals surface area contributed by atoms with Crippen LogP contribution in [0.5, 0.6) is 5.75 Å². The first kappa shape index (κ1) is 23.4. The van der Waals surface area contributed by atoms with Crippen molar-refractivity contribution in [3.05, 3.63) is 33.5 Å². The molecule has 32 heavy (non-hydrogen) atoms. The summed E-state index contributed by atoms with van der Waals surface area (Å²) in [6.07, 6.45) is 2.74. The van der Waals surface area contributed by atoms with E-state index in [2.05, 4.69) is 20.8 Å². The monoisotopic (exact) mass is 464 g/mol. The Labute approximate surface area is 187 Å². The van der Waals surface area contributed by atoms with Gasteiger partial charge in [0.2, 0.25) is 21.8 Å². The van der Waals surface area contributed by atoms with Gasteiger partial charge in [-0.2, -0.15) is 0 Å². The van der Waals surface area contributed by atoms with Gasteiger partial charge in [-0.25, -0.2) is 4.79 Å². The lowest BCUT2D eigenvalue weighted by Gasteiger charge is -2.22. The minimum Gasteiger partial charge on any atom is -0.488 e. The Bertz CT molecular complexity index is 1080. The third-order valence-corrected chi connectivity index (χ3v) is 5.49. The molecule has 1 aliphatic rings. The van der Waals surface area contributed by atoms with Crippen LogP contribution in [-0.2, 0) is 9.47 Å². The minimum atomic E-state index is -0.882. The molecule has 2 atom stereocenters. The van der Waals surface area contributed by atoms with E-state index < -0.39 is 17.6 Å². The smallest absolute Gasteiger partial charge is 0.381 e. The number of aromatic nitrogens is 2. The fourth-order valence-electron chi connectivity index (χ4n) is 3.34. The molecule has 1 aliphatic heterocycles. The number of hydrogen-bond acceptors (Lipinski definition) is 12. The highest BCUT2D eigenvalue weighted by Gasteiger charge is 2.37. The van der Waals surface area contributed by atoms with Gasteiger partial charge in [0, 0.05) is 31.5 Å². The Morgan fingerprint density at radius 2 is 2.06 bits per heavy atom. The molecule has 0 bridgehead atoms. The fraction of sp³-hybridized carbons (Fsp3) is 0.421. The van der Waals surface area contributed by atoms with E-state index in [0.29, 0.717) is 30.5 Å². The topological polar surface area (TPSA) is 175 Å². The summed E-state index contributed by atoms with van der Waals surface area (Å²) >= 11 is 1.06. The summed E-state index contributed by atoms with van der Waals surface area (Å²) in [5.74, 6) is -1.30. The Morgan fingerprint density at radius 1 is 1.34 bits per heavy atom. The van der Waals surface area contributed by atoms with Gasteiger partial charge < -0.3 is 35.1 Å². The number of allylic oxidation sites excluding steroid dienone is 2. The molecule has 1 amide bonds. The van der Waals surface area contributed by atoms with Gasteiger partial charge in [-0.3, -0.25) is 10.1 Å². The van der Waals surface area contributed by atoms with Gasteiger partial charge in [0.05, 0.1) is 31.1 Å². The summed E-state index contributed by atoms with van der Waals surface area (Å²) in [5, 5.41) is 21.0. The molecule has 0 aliphatic carbocycles. The molecule has 1 fully saturated rings. The van der Waals surface area contributed by atoms with Crippen molar-refractivity contribution in [3.63, 3.8) is 0 Å². The molecular formula is C19H24N6O6S. The molecule has 1 saturated heterocycles. The molecule has 0 spiro atoms. The summed E-state index contributed by atoms with van der Waals surface area (Å²) in [5.41, 5.74) is 6.21. The van der Waals surface area contributed by atoms with Gasteiger partial charge in [0.25, 0.3) is 5.91 Å². The Kier molecular flexibility index (Phi) is 7.56. The number of ether oxygens (including phenoxy) is 3. The average molecular weight is 465 g/mol. The zero-order valence-electron chi connectivity index (χ0n) is 17.8. The number of amides is 1. The third kappa shape index (κ3) is 4.95. The maximum atomic E-state index is 13.0. The summed E-state index contributed by atoms with van der Waals surface area (Å²) in [4.78, 5) is 25.4. The molecule has 3 rings (SSSR count). The SMILES string of the molecule is COCC1CCOC1c1c(C(=O)Nc2nnc(N/C(C)=C\C=N)s2)oc(=O)c(OC)c1N. The van der Waals surface area contributed by atoms with E-state index in [1.165, 1.54) is 7.11 Å². The number of methoxy groups -OCH3 is 2. The van der Waals surface area contributed by atoms with E-state index in [0.717, 1.165) is 17.6 Å². The number of nitrogens with two attached hydrogens (primary N) is 1. The van der Waals surface area contributed by atoms with Crippen LogP contribution in [0.15, 0.2) is 21.0 Å². The molecular weight excluding hydrogens is 440 g/mol. The van der Waals surface area contributed by atoms with Crippen LogP contribution in [0.25, 0.3) is 0 Å². The highest BCUT2D eigenvalue weighted by atomic mass is 32.1. The molecule has 2 aromatic rings. The summed E-state index contributed by atoms with van der Waals surface area (Å²) in [7, 11) is 2.86. The van der Waals surface area contributed by atoms with Crippen LogP contribution in [0, 0.1) is 11.3 Å². The van der Waals surface area contributed by atoms with Crippen molar-refractivity contribution in [1.82, 2.24) is 10.2 Å². The van der Waals surface area contributed by atoms with Crippen LogP contribution in [0.4, 0.5) is 16.0 Å². The highest BCUT2D eigenvalue weighted by Crippen LogP contribution is 2.41. The van der Waals surface area contributed by atoms with E-state index in [4.69, 9.17) is 29.8 Å². The van der Waals surface area contributed by atoms with E-state index in [-0.39, 0.29) is 33.8 Å². The van der Waals surface area contributed by atoms with Gasteiger partial charge in [0.1, 0.15) is 0 Å². The van der Waals surface area contributed by atoms with Crippen molar-refractivity contribution in [1.29, 1.82) is 5.41 Å². The van der Waals surface area contributed by atoms with Crippen molar-refractivity contribution in [3.8, 4) is 5.75 Å². The standard InChI is InChI=1S/C19H24N6O6S/c1-9(4-6-20)22-18-24-25-19(32-18)23-16(26)14-11(12(21)15(29-3)17(27)31-14)13-10(8-28-2)5-7-30-13/h4,6,10,13,20H,5,7-8,21H2,1-3H3,(H,22,24)(H,23,25,26)/b9-4-,20-6?. The lowest BCUT2D eigenvalue weighted by Crippen LogP contribution is -2.24. The van der Waals surface area contributed by atoms with Gasteiger partial charge in [-0.1, -0.05) is 11.3 Å². The first-order chi connectivity index (χ1) is 15.4. The van der Waals surface area contributed by atoms with Crippen LogP contribution in [0.3, 0.4) is 0 Å². The number of hydrogen-bond donors (Lipinski definition) is 4. The van der Waals surface area contributed by atoms with E-state index in [9.17, 15) is 9.59 Å². The van der Waals surface area contributed by atoms with E-state index in [1.54, 1.807) is 20.1 Å². The second-order valence-corrected chi connectivity index (χ2v) is 7.86. The zero-order valence-corrected chi connectivity index (χ0v) is 18.6. The van der Waals surface area contributed by atoms with Crippen molar-refractivity contribution >= 4 is 39.4 Å². The Hall–Kier alpha value is -3.29. The molecule has 172 valence electrons. The van der Waals surface area contributed by atoms with Gasteiger partial charge in [-0.05, 0) is 19.4 Å². The lowest BCUT2D eigenvalue weighted by molar-refractivity contribution is 0.0567. The molecule has 13 heteroatoms. The highest BCUT2D eigenvalue weighted by molar-refractivity contribution is 7.19. The first-order valence-electron chi connectivity index (χ1n) is 9.59. The normalized spacial score (nSPS) is 18.4. The van der Waals surface area contributed by atoms with Crippen molar-refractivity contribution in [2.24, 2.45) is 5.92 Å². The molecule has 2 aromatic heterocycles. The van der Waals surface area contributed by atoms with Crippen molar-refractivity contribution < 1.29 is 23.4 Å². The maximum Gasteiger partial charge on any atom is 0.381 e. The van der Waals surface area contributed by atoms with Crippen LogP contribution in [-0.4, -0.2) is 49.8 Å². The van der Waals surface area contributed by atoms with E-state index >= 15 is 0 Å². The summed E-state index contributed by atoms with van der Waals surface area (Å²) in [6.45, 7) is 2.57. The van der Waals surface area contributed by atoms with E-state index in [1.807, 2.05) is 0 Å². The van der Waals surface area contributed by atoms with Gasteiger partial charge >= 0.3 is 5.63 Å². The number of carbonyl (C=O) groups is 1. The second-order valence-electron chi connectivity index (χ2n) is 6.88. The minimum absolute atomic E-state index is 0.0195. The summed E-state index contributed by atoms with van der Waals surface area (Å²) < 4.78 is 21.5. The molecule has 0 aromatic carbocycles. The number of nitrogens with one attached hydrogen (secondary N) is 3. The number of nitrogens with zero attached hydrogens (tertiary/aromatic N) is 2. The average Bonchev–Trinajstić information content (AvgIpc) is 3.38. The zero-order chi connectivity index (χ0) is 23.3. The van der Waals surface area contributed by atoms with Gasteiger partial charge in [0.15, 0.2) is 0 Å². The fourth-order valence-corrected chi connectivity index (χ4v) is 4.05. The largest absolute Gasteiger partial charge is 0.488 e.